The second-order valence-electron chi connectivity index (χ2n) is 2.00. The lowest BCUT2D eigenvalue weighted by Gasteiger charge is -2.01. The van der Waals surface area contributed by atoms with Crippen molar-refractivity contribution in [1.29, 1.82) is 0 Å². The van der Waals surface area contributed by atoms with Gasteiger partial charge in [-0.1, -0.05) is 23.2 Å². The zero-order chi connectivity index (χ0) is 9.30. The molecular weight excluding hydrogens is 286 g/mol. The van der Waals surface area contributed by atoms with Gasteiger partial charge in [0, 0.05) is 4.47 Å². The van der Waals surface area contributed by atoms with Crippen LogP contribution < -0.4 is 0 Å². The molecule has 1 aromatic carbocycles. The van der Waals surface area contributed by atoms with Gasteiger partial charge in [0.2, 0.25) is 0 Å². The molecule has 0 aromatic heterocycles. The Morgan fingerprint density at radius 1 is 1.25 bits per heavy atom. The fourth-order valence-electron chi connectivity index (χ4n) is 0.678. The van der Waals surface area contributed by atoms with Crippen LogP contribution in [0, 0.1) is 0 Å². The molecule has 1 aromatic rings. The van der Waals surface area contributed by atoms with E-state index in [4.69, 9.17) is 34.8 Å². The topological polar surface area (TPSA) is 17.1 Å². The van der Waals surface area contributed by atoms with Gasteiger partial charge in [-0.3, -0.25) is 4.79 Å². The van der Waals surface area contributed by atoms with Gasteiger partial charge in [0.1, 0.15) is 0 Å². The molecule has 0 aliphatic carbocycles. The first-order valence-corrected chi connectivity index (χ1v) is 4.80. The van der Waals surface area contributed by atoms with E-state index in [1.54, 1.807) is 6.07 Å². The number of hydrogen-bond acceptors (Lipinski definition) is 1. The quantitative estimate of drug-likeness (QED) is 0.561. The molecule has 0 heterocycles. The van der Waals surface area contributed by atoms with Crippen LogP contribution in [0.15, 0.2) is 16.6 Å². The Bertz CT molecular complexity index is 338. The van der Waals surface area contributed by atoms with Gasteiger partial charge in [0.05, 0.1) is 15.6 Å². The molecule has 12 heavy (non-hydrogen) atoms. The molecule has 0 atom stereocenters. The molecule has 1 rings (SSSR count). The van der Waals surface area contributed by atoms with E-state index < -0.39 is 5.24 Å². The molecule has 0 aliphatic heterocycles. The van der Waals surface area contributed by atoms with Crippen LogP contribution in [0.5, 0.6) is 0 Å². The Balaban J connectivity index is 3.36. The maximum absolute atomic E-state index is 10.7. The van der Waals surface area contributed by atoms with Crippen molar-refractivity contribution >= 4 is 56.0 Å². The van der Waals surface area contributed by atoms with Crippen LogP contribution in [0.1, 0.15) is 10.4 Å². The van der Waals surface area contributed by atoms with Crippen molar-refractivity contribution in [1.82, 2.24) is 0 Å². The average molecular weight is 288 g/mol. The minimum atomic E-state index is -0.616. The molecule has 0 fully saturated rings. The zero-order valence-corrected chi connectivity index (χ0v) is 9.43. The van der Waals surface area contributed by atoms with Crippen molar-refractivity contribution in [2.75, 3.05) is 0 Å². The van der Waals surface area contributed by atoms with Crippen LogP contribution >= 0.6 is 50.7 Å². The van der Waals surface area contributed by atoms with Crippen molar-refractivity contribution in [2.45, 2.75) is 0 Å². The monoisotopic (exact) mass is 286 g/mol. The molecule has 0 unspecified atom stereocenters. The van der Waals surface area contributed by atoms with Gasteiger partial charge in [-0.25, -0.2) is 0 Å². The van der Waals surface area contributed by atoms with Gasteiger partial charge >= 0.3 is 0 Å². The van der Waals surface area contributed by atoms with Gasteiger partial charge < -0.3 is 0 Å². The number of benzene rings is 1. The average Bonchev–Trinajstić information content (AvgIpc) is 2.00. The SMILES string of the molecule is O=C(Cl)c1ccc(Br)c(Cl)c1Cl. The van der Waals surface area contributed by atoms with Crippen LogP contribution in [0.25, 0.3) is 0 Å². The lowest BCUT2D eigenvalue weighted by Crippen LogP contribution is -1.90. The summed E-state index contributed by atoms with van der Waals surface area (Å²) in [5.74, 6) is 0. The van der Waals surface area contributed by atoms with E-state index in [0.29, 0.717) is 9.50 Å². The van der Waals surface area contributed by atoms with E-state index in [0.717, 1.165) is 0 Å². The molecule has 0 saturated heterocycles. The largest absolute Gasteiger partial charge is 0.276 e. The highest BCUT2D eigenvalue weighted by molar-refractivity contribution is 9.10. The molecule has 0 amide bonds. The highest BCUT2D eigenvalue weighted by Crippen LogP contribution is 2.33. The van der Waals surface area contributed by atoms with Gasteiger partial charge in [0.25, 0.3) is 5.24 Å². The van der Waals surface area contributed by atoms with Gasteiger partial charge in [-0.05, 0) is 39.7 Å². The molecule has 64 valence electrons. The summed E-state index contributed by atoms with van der Waals surface area (Å²) < 4.78 is 0.635. The van der Waals surface area contributed by atoms with E-state index >= 15 is 0 Å². The van der Waals surface area contributed by atoms with Crippen molar-refractivity contribution in [3.05, 3.63) is 32.2 Å². The standard InChI is InChI=1S/C7H2BrCl3O/c8-4-2-1-3(7(11)12)5(9)6(4)10/h1-2H. The number of carbonyl (C=O) groups excluding carboxylic acids is 1. The minimum Gasteiger partial charge on any atom is -0.276 e. The second-order valence-corrected chi connectivity index (χ2v) is 3.95. The van der Waals surface area contributed by atoms with Crippen LogP contribution in [0.4, 0.5) is 0 Å². The molecule has 1 nitrogen and oxygen atoms in total. The lowest BCUT2D eigenvalue weighted by atomic mass is 10.2. The molecule has 0 radical (unpaired) electrons. The predicted octanol–water partition coefficient (Wildman–Crippen LogP) is 4.13. The van der Waals surface area contributed by atoms with E-state index in [2.05, 4.69) is 15.9 Å². The molecule has 0 N–H and O–H groups in total. The summed E-state index contributed by atoms with van der Waals surface area (Å²) in [6.45, 7) is 0. The molecule has 0 saturated carbocycles. The van der Waals surface area contributed by atoms with Gasteiger partial charge in [-0.15, -0.1) is 0 Å². The summed E-state index contributed by atoms with van der Waals surface area (Å²) in [5.41, 5.74) is 0.214. The normalized spacial score (nSPS) is 10.0. The number of carbonyl (C=O) groups is 1. The fraction of sp³-hybridized carbons (Fsp3) is 0. The lowest BCUT2D eigenvalue weighted by molar-refractivity contribution is 0.108. The summed E-state index contributed by atoms with van der Waals surface area (Å²) in [7, 11) is 0. The summed E-state index contributed by atoms with van der Waals surface area (Å²) in [4.78, 5) is 10.7. The smallest absolute Gasteiger partial charge is 0.253 e. The maximum atomic E-state index is 10.7. The number of hydrogen-bond donors (Lipinski definition) is 0. The maximum Gasteiger partial charge on any atom is 0.253 e. The molecule has 0 bridgehead atoms. The third-order valence-electron chi connectivity index (χ3n) is 1.25. The summed E-state index contributed by atoms with van der Waals surface area (Å²) in [6.07, 6.45) is 0. The van der Waals surface area contributed by atoms with Crippen molar-refractivity contribution in [2.24, 2.45) is 0 Å². The molecular formula is C7H2BrCl3O. The van der Waals surface area contributed by atoms with E-state index in [1.165, 1.54) is 6.07 Å². The summed E-state index contributed by atoms with van der Waals surface area (Å²) in [5, 5.41) is -0.149. The zero-order valence-electron chi connectivity index (χ0n) is 5.57. The Morgan fingerprint density at radius 3 is 2.33 bits per heavy atom. The van der Waals surface area contributed by atoms with Crippen LogP contribution in [-0.2, 0) is 0 Å². The Labute approximate surface area is 92.7 Å². The number of halogens is 4. The highest BCUT2D eigenvalue weighted by atomic mass is 79.9. The first-order chi connectivity index (χ1) is 5.54. The fourth-order valence-corrected chi connectivity index (χ4v) is 1.74. The predicted molar refractivity (Wildman–Crippen MR) is 54.3 cm³/mol. The van der Waals surface area contributed by atoms with Crippen LogP contribution in [-0.4, -0.2) is 5.24 Å². The Morgan fingerprint density at radius 2 is 1.83 bits per heavy atom. The van der Waals surface area contributed by atoms with Gasteiger partial charge in [0.15, 0.2) is 0 Å². The Hall–Kier alpha value is 0.240. The van der Waals surface area contributed by atoms with E-state index in [1.807, 2.05) is 0 Å². The third kappa shape index (κ3) is 1.94. The van der Waals surface area contributed by atoms with E-state index in [9.17, 15) is 4.79 Å². The molecule has 0 aliphatic rings. The Kier molecular flexibility index (Phi) is 3.41. The van der Waals surface area contributed by atoms with Gasteiger partial charge in [-0.2, -0.15) is 0 Å². The highest BCUT2D eigenvalue weighted by Gasteiger charge is 2.12. The van der Waals surface area contributed by atoms with Crippen molar-refractivity contribution in [3.63, 3.8) is 0 Å². The molecule has 5 heteroatoms. The summed E-state index contributed by atoms with van der Waals surface area (Å²) >= 11 is 19.9. The molecule has 0 spiro atoms. The first kappa shape index (κ1) is 10.3. The first-order valence-electron chi connectivity index (χ1n) is 2.87. The summed E-state index contributed by atoms with van der Waals surface area (Å²) in [6, 6.07) is 3.12. The van der Waals surface area contributed by atoms with Crippen molar-refractivity contribution < 1.29 is 4.79 Å². The third-order valence-corrected chi connectivity index (χ3v) is 3.22. The van der Waals surface area contributed by atoms with Crippen LogP contribution in [0.2, 0.25) is 10.0 Å². The van der Waals surface area contributed by atoms with E-state index in [-0.39, 0.29) is 10.6 Å². The van der Waals surface area contributed by atoms with Crippen molar-refractivity contribution in [3.8, 4) is 0 Å². The van der Waals surface area contributed by atoms with Crippen LogP contribution in [0.3, 0.4) is 0 Å². The second kappa shape index (κ2) is 3.97. The minimum absolute atomic E-state index is 0.172. The number of rotatable bonds is 1.